The van der Waals surface area contributed by atoms with Gasteiger partial charge in [-0.3, -0.25) is 0 Å². The van der Waals surface area contributed by atoms with E-state index in [2.05, 4.69) is 5.32 Å². The predicted octanol–water partition coefficient (Wildman–Crippen LogP) is 0.573. The fourth-order valence-corrected chi connectivity index (χ4v) is 1.72. The SMILES string of the molecule is Oc1cccc(C2(O)CCNC2)c1. The molecule has 1 saturated heterocycles. The van der Waals surface area contributed by atoms with Crippen LogP contribution in [0.4, 0.5) is 0 Å². The van der Waals surface area contributed by atoms with Crippen molar-refractivity contribution in [3.63, 3.8) is 0 Å². The minimum absolute atomic E-state index is 0.206. The summed E-state index contributed by atoms with van der Waals surface area (Å²) in [6.45, 7) is 1.39. The number of benzene rings is 1. The lowest BCUT2D eigenvalue weighted by Gasteiger charge is -2.21. The summed E-state index contributed by atoms with van der Waals surface area (Å²) in [6, 6.07) is 6.82. The Morgan fingerprint density at radius 3 is 2.85 bits per heavy atom. The molecule has 0 saturated carbocycles. The van der Waals surface area contributed by atoms with Crippen molar-refractivity contribution in [1.29, 1.82) is 0 Å². The van der Waals surface area contributed by atoms with E-state index in [4.69, 9.17) is 0 Å². The zero-order chi connectivity index (χ0) is 9.31. The Bertz CT molecular complexity index is 306. The highest BCUT2D eigenvalue weighted by Crippen LogP contribution is 2.29. The molecule has 70 valence electrons. The normalized spacial score (nSPS) is 27.8. The van der Waals surface area contributed by atoms with Crippen LogP contribution in [0.5, 0.6) is 5.75 Å². The zero-order valence-electron chi connectivity index (χ0n) is 7.33. The number of phenols is 1. The van der Waals surface area contributed by atoms with Crippen LogP contribution in [-0.4, -0.2) is 23.3 Å². The molecule has 1 aliphatic rings. The lowest BCUT2D eigenvalue weighted by atomic mass is 9.93. The molecule has 1 unspecified atom stereocenters. The van der Waals surface area contributed by atoms with Gasteiger partial charge >= 0.3 is 0 Å². The van der Waals surface area contributed by atoms with Crippen molar-refractivity contribution in [2.45, 2.75) is 12.0 Å². The van der Waals surface area contributed by atoms with E-state index in [0.717, 1.165) is 12.1 Å². The third-order valence-corrected chi connectivity index (χ3v) is 2.52. The summed E-state index contributed by atoms with van der Waals surface area (Å²) >= 11 is 0. The maximum absolute atomic E-state index is 10.1. The lowest BCUT2D eigenvalue weighted by molar-refractivity contribution is 0.0585. The molecule has 3 heteroatoms. The van der Waals surface area contributed by atoms with Gasteiger partial charge in [-0.25, -0.2) is 0 Å². The van der Waals surface area contributed by atoms with E-state index >= 15 is 0 Å². The summed E-state index contributed by atoms with van der Waals surface area (Å²) in [5.41, 5.74) is -0.00356. The monoisotopic (exact) mass is 179 g/mol. The standard InChI is InChI=1S/C10H13NO2/c12-9-3-1-2-8(6-9)10(13)4-5-11-7-10/h1-3,6,11-13H,4-5,7H2. The number of aliphatic hydroxyl groups is 1. The Hall–Kier alpha value is -1.06. The van der Waals surface area contributed by atoms with Gasteiger partial charge in [-0.05, 0) is 30.7 Å². The number of aromatic hydroxyl groups is 1. The van der Waals surface area contributed by atoms with E-state index in [0.29, 0.717) is 13.0 Å². The smallest absolute Gasteiger partial charge is 0.115 e. The quantitative estimate of drug-likeness (QED) is 0.591. The Labute approximate surface area is 77.0 Å². The maximum Gasteiger partial charge on any atom is 0.115 e. The van der Waals surface area contributed by atoms with E-state index in [9.17, 15) is 10.2 Å². The molecule has 0 radical (unpaired) electrons. The number of hydrogen-bond donors (Lipinski definition) is 3. The first-order valence-electron chi connectivity index (χ1n) is 4.43. The first-order chi connectivity index (χ1) is 6.21. The largest absolute Gasteiger partial charge is 0.508 e. The van der Waals surface area contributed by atoms with Gasteiger partial charge in [-0.15, -0.1) is 0 Å². The van der Waals surface area contributed by atoms with Crippen molar-refractivity contribution in [3.8, 4) is 5.75 Å². The Morgan fingerprint density at radius 1 is 1.38 bits per heavy atom. The molecular formula is C10H13NO2. The third kappa shape index (κ3) is 1.53. The van der Waals surface area contributed by atoms with Gasteiger partial charge in [0, 0.05) is 6.54 Å². The molecule has 3 nitrogen and oxygen atoms in total. The zero-order valence-corrected chi connectivity index (χ0v) is 7.33. The molecule has 0 bridgehead atoms. The minimum atomic E-state index is -0.793. The number of rotatable bonds is 1. The Morgan fingerprint density at radius 2 is 2.23 bits per heavy atom. The maximum atomic E-state index is 10.1. The molecule has 1 aromatic carbocycles. The highest BCUT2D eigenvalue weighted by molar-refractivity contribution is 5.32. The summed E-state index contributed by atoms with van der Waals surface area (Å²) in [5.74, 6) is 0.206. The molecule has 0 amide bonds. The van der Waals surface area contributed by atoms with E-state index in [-0.39, 0.29) is 5.75 Å². The Balaban J connectivity index is 2.33. The topological polar surface area (TPSA) is 52.5 Å². The van der Waals surface area contributed by atoms with Crippen LogP contribution in [0, 0.1) is 0 Å². The molecule has 13 heavy (non-hydrogen) atoms. The van der Waals surface area contributed by atoms with Crippen molar-refractivity contribution in [2.24, 2.45) is 0 Å². The van der Waals surface area contributed by atoms with Crippen LogP contribution in [0.25, 0.3) is 0 Å². The number of nitrogens with one attached hydrogen (secondary N) is 1. The van der Waals surface area contributed by atoms with Gasteiger partial charge in [0.2, 0.25) is 0 Å². The van der Waals surface area contributed by atoms with Gasteiger partial charge < -0.3 is 15.5 Å². The van der Waals surface area contributed by atoms with Crippen LogP contribution >= 0.6 is 0 Å². The van der Waals surface area contributed by atoms with E-state index in [1.54, 1.807) is 18.2 Å². The number of β-amino-alcohol motifs (C(OH)–C–C–N with tert-alkyl or cyclic N) is 1. The fraction of sp³-hybridized carbons (Fsp3) is 0.400. The molecule has 0 spiro atoms. The minimum Gasteiger partial charge on any atom is -0.508 e. The van der Waals surface area contributed by atoms with E-state index in [1.807, 2.05) is 6.07 Å². The van der Waals surface area contributed by atoms with E-state index in [1.165, 1.54) is 0 Å². The highest BCUT2D eigenvalue weighted by atomic mass is 16.3. The first-order valence-corrected chi connectivity index (χ1v) is 4.43. The fourth-order valence-electron chi connectivity index (χ4n) is 1.72. The average Bonchev–Trinajstić information content (AvgIpc) is 2.54. The lowest BCUT2D eigenvalue weighted by Crippen LogP contribution is -2.28. The molecule has 1 fully saturated rings. The number of phenolic OH excluding ortho intramolecular Hbond substituents is 1. The van der Waals surface area contributed by atoms with Gasteiger partial charge in [0.05, 0.1) is 0 Å². The second-order valence-electron chi connectivity index (χ2n) is 3.51. The van der Waals surface area contributed by atoms with Crippen molar-refractivity contribution in [3.05, 3.63) is 29.8 Å². The molecule has 1 heterocycles. The van der Waals surface area contributed by atoms with Gasteiger partial charge in [-0.1, -0.05) is 12.1 Å². The predicted molar refractivity (Wildman–Crippen MR) is 49.5 cm³/mol. The molecular weight excluding hydrogens is 166 g/mol. The number of hydrogen-bond acceptors (Lipinski definition) is 3. The van der Waals surface area contributed by atoms with Gasteiger partial charge in [0.25, 0.3) is 0 Å². The summed E-state index contributed by atoms with van der Waals surface area (Å²) in [4.78, 5) is 0. The van der Waals surface area contributed by atoms with Gasteiger partial charge in [0.1, 0.15) is 11.4 Å². The first kappa shape index (κ1) is 8.53. The van der Waals surface area contributed by atoms with Crippen molar-refractivity contribution in [1.82, 2.24) is 5.32 Å². The molecule has 3 N–H and O–H groups in total. The highest BCUT2D eigenvalue weighted by Gasteiger charge is 2.32. The summed E-state index contributed by atoms with van der Waals surface area (Å²) in [5, 5.41) is 22.5. The van der Waals surface area contributed by atoms with Crippen molar-refractivity contribution >= 4 is 0 Å². The molecule has 1 atom stereocenters. The van der Waals surface area contributed by atoms with Crippen molar-refractivity contribution in [2.75, 3.05) is 13.1 Å². The van der Waals surface area contributed by atoms with Crippen LogP contribution in [0.15, 0.2) is 24.3 Å². The van der Waals surface area contributed by atoms with Crippen LogP contribution in [0.2, 0.25) is 0 Å². The molecule has 0 aromatic heterocycles. The van der Waals surface area contributed by atoms with Crippen LogP contribution in [0.3, 0.4) is 0 Å². The van der Waals surface area contributed by atoms with Crippen LogP contribution in [-0.2, 0) is 5.60 Å². The summed E-state index contributed by atoms with van der Waals surface area (Å²) < 4.78 is 0. The summed E-state index contributed by atoms with van der Waals surface area (Å²) in [7, 11) is 0. The molecule has 1 aliphatic heterocycles. The Kier molecular flexibility index (Phi) is 1.98. The summed E-state index contributed by atoms with van der Waals surface area (Å²) in [6.07, 6.45) is 0.705. The van der Waals surface area contributed by atoms with Gasteiger partial charge in [0.15, 0.2) is 0 Å². The van der Waals surface area contributed by atoms with Crippen molar-refractivity contribution < 1.29 is 10.2 Å². The average molecular weight is 179 g/mol. The molecule has 2 rings (SSSR count). The molecule has 1 aromatic rings. The van der Waals surface area contributed by atoms with Crippen LogP contribution < -0.4 is 5.32 Å². The third-order valence-electron chi connectivity index (χ3n) is 2.52. The second kappa shape index (κ2) is 3.01. The van der Waals surface area contributed by atoms with E-state index < -0.39 is 5.60 Å². The second-order valence-corrected chi connectivity index (χ2v) is 3.51. The van der Waals surface area contributed by atoms with Crippen LogP contribution in [0.1, 0.15) is 12.0 Å². The van der Waals surface area contributed by atoms with Gasteiger partial charge in [-0.2, -0.15) is 0 Å². The molecule has 0 aliphatic carbocycles.